The topological polar surface area (TPSA) is 76.2 Å². The van der Waals surface area contributed by atoms with Crippen LogP contribution in [0.15, 0.2) is 95.2 Å². The summed E-state index contributed by atoms with van der Waals surface area (Å²) in [7, 11) is 0. The van der Waals surface area contributed by atoms with E-state index < -0.39 is 11.6 Å². The van der Waals surface area contributed by atoms with Gasteiger partial charge in [0.25, 0.3) is 0 Å². The molecule has 0 aliphatic heterocycles. The zero-order chi connectivity index (χ0) is 41.0. The molecule has 0 aliphatic rings. The largest absolute Gasteiger partial charge is 0.512 e. The summed E-state index contributed by atoms with van der Waals surface area (Å²) in [4.78, 5) is 20.8. The number of aliphatic hydroxyl groups is 1. The fraction of sp³-hybridized carbons (Fsp3) is 0.396. The van der Waals surface area contributed by atoms with Gasteiger partial charge in [0.15, 0.2) is 17.3 Å². The number of fused-ring (bicyclic) bond motifs is 3. The van der Waals surface area contributed by atoms with Crippen molar-refractivity contribution in [3.63, 3.8) is 0 Å². The van der Waals surface area contributed by atoms with Crippen molar-refractivity contribution < 1.29 is 47.6 Å². The third-order valence-corrected chi connectivity index (χ3v) is 10.8. The van der Waals surface area contributed by atoms with E-state index in [0.29, 0.717) is 11.1 Å². The molecule has 0 saturated heterocycles. The van der Waals surface area contributed by atoms with Gasteiger partial charge in [0, 0.05) is 56.3 Å². The Morgan fingerprint density at radius 3 is 2.09 bits per heavy atom. The first kappa shape index (κ1) is 45.4. The van der Waals surface area contributed by atoms with E-state index in [1.165, 1.54) is 17.0 Å². The number of aliphatic hydroxyl groups excluding tert-OH is 1. The molecule has 1 radical (unpaired) electrons. The van der Waals surface area contributed by atoms with Crippen LogP contribution < -0.4 is 0 Å². The Bertz CT molecular complexity index is 2350. The minimum atomic E-state index is -4.35. The number of aromatic nitrogens is 2. The molecule has 0 bridgehead atoms. The summed E-state index contributed by atoms with van der Waals surface area (Å²) in [6, 6.07) is 27.8. The van der Waals surface area contributed by atoms with Gasteiger partial charge in [0.1, 0.15) is 5.52 Å². The summed E-state index contributed by atoms with van der Waals surface area (Å²) in [6.45, 7) is 17.0. The van der Waals surface area contributed by atoms with Crippen LogP contribution in [0.5, 0.6) is 0 Å². The van der Waals surface area contributed by atoms with Crippen molar-refractivity contribution in [2.45, 2.75) is 106 Å². The molecule has 9 heteroatoms. The van der Waals surface area contributed by atoms with E-state index in [-0.39, 0.29) is 61.2 Å². The molecular weight excluding hydrogens is 902 g/mol. The Hall–Kier alpha value is -4.33. The van der Waals surface area contributed by atoms with Gasteiger partial charge in [0.2, 0.25) is 0 Å². The Balaban J connectivity index is 0.000000385. The number of oxazole rings is 1. The number of hydrogen-bond acceptors (Lipinski definition) is 5. The Labute approximate surface area is 348 Å². The number of pyridine rings is 1. The van der Waals surface area contributed by atoms with Crippen molar-refractivity contribution in [1.82, 2.24) is 9.97 Å². The van der Waals surface area contributed by atoms with Gasteiger partial charge >= 0.3 is 6.18 Å². The quantitative estimate of drug-likeness (QED) is 0.0795. The first-order valence-corrected chi connectivity index (χ1v) is 19.7. The minimum absolute atomic E-state index is 0. The molecule has 1 N–H and O–H groups in total. The van der Waals surface area contributed by atoms with Gasteiger partial charge in [-0.3, -0.25) is 9.78 Å². The van der Waals surface area contributed by atoms with Crippen LogP contribution in [0.4, 0.5) is 13.2 Å². The molecule has 5 nitrogen and oxygen atoms in total. The zero-order valence-corrected chi connectivity index (χ0v) is 36.8. The molecule has 305 valence electrons. The molecule has 4 aromatic carbocycles. The van der Waals surface area contributed by atoms with Gasteiger partial charge in [0.05, 0.1) is 11.2 Å². The van der Waals surface area contributed by atoms with E-state index >= 15 is 0 Å². The van der Waals surface area contributed by atoms with Crippen LogP contribution in [-0.2, 0) is 36.7 Å². The number of halogens is 3. The zero-order valence-electron chi connectivity index (χ0n) is 34.4. The van der Waals surface area contributed by atoms with Crippen molar-refractivity contribution in [3.8, 4) is 22.4 Å². The Morgan fingerprint density at radius 2 is 1.46 bits per heavy atom. The van der Waals surface area contributed by atoms with Gasteiger partial charge in [-0.1, -0.05) is 110 Å². The molecule has 0 amide bonds. The molecule has 0 atom stereocenters. The predicted octanol–water partition coefficient (Wildman–Crippen LogP) is 14.0. The van der Waals surface area contributed by atoms with Crippen LogP contribution in [0.1, 0.15) is 99.5 Å². The first-order chi connectivity index (χ1) is 26.4. The van der Waals surface area contributed by atoms with Crippen LogP contribution >= 0.6 is 0 Å². The summed E-state index contributed by atoms with van der Waals surface area (Å²) in [5.41, 5.74) is 3.93. The third kappa shape index (κ3) is 10.4. The van der Waals surface area contributed by atoms with E-state index in [2.05, 4.69) is 68.2 Å². The molecule has 2 heterocycles. The van der Waals surface area contributed by atoms with E-state index in [1.54, 1.807) is 6.07 Å². The Kier molecular flexibility index (Phi) is 14.7. The van der Waals surface area contributed by atoms with Gasteiger partial charge in [-0.05, 0) is 77.3 Å². The molecule has 2 aromatic heterocycles. The molecule has 0 unspecified atom stereocenters. The number of allylic oxidation sites excluding steroid dienone is 2. The monoisotopic (exact) mass is 956 g/mol. The maximum Gasteiger partial charge on any atom is 0.394 e. The van der Waals surface area contributed by atoms with Gasteiger partial charge in [-0.2, -0.15) is 13.2 Å². The maximum absolute atomic E-state index is 13.4. The molecule has 6 rings (SSSR count). The van der Waals surface area contributed by atoms with Crippen LogP contribution in [0, 0.1) is 23.3 Å². The van der Waals surface area contributed by atoms with E-state index in [9.17, 15) is 23.1 Å². The van der Waals surface area contributed by atoms with E-state index in [0.717, 1.165) is 78.1 Å². The molecule has 0 spiro atoms. The molecule has 0 saturated carbocycles. The number of hydrogen-bond donors (Lipinski definition) is 1. The number of carbonyl (C=O) groups excluding carboxylic acids is 1. The Morgan fingerprint density at radius 1 is 0.825 bits per heavy atom. The molecule has 0 fully saturated rings. The fourth-order valence-electron chi connectivity index (χ4n) is 7.04. The van der Waals surface area contributed by atoms with Crippen molar-refractivity contribution in [2.24, 2.45) is 17.3 Å². The summed E-state index contributed by atoms with van der Waals surface area (Å²) in [5, 5.41) is 14.1. The second-order valence-electron chi connectivity index (χ2n) is 16.3. The normalized spacial score (nSPS) is 12.6. The smallest absolute Gasteiger partial charge is 0.394 e. The summed E-state index contributed by atoms with van der Waals surface area (Å²) in [6.07, 6.45) is 2.05. The van der Waals surface area contributed by atoms with E-state index in [1.807, 2.05) is 64.2 Å². The molecular formula is C48H54F3IrN2O3-. The second-order valence-corrected chi connectivity index (χ2v) is 16.3. The fourth-order valence-corrected chi connectivity index (χ4v) is 7.04. The second kappa shape index (κ2) is 18.5. The van der Waals surface area contributed by atoms with Crippen molar-refractivity contribution in [3.05, 3.63) is 108 Å². The summed E-state index contributed by atoms with van der Waals surface area (Å²) < 4.78 is 45.9. The van der Waals surface area contributed by atoms with E-state index in [4.69, 9.17) is 9.40 Å². The van der Waals surface area contributed by atoms with Crippen molar-refractivity contribution >= 4 is 38.4 Å². The average molecular weight is 956 g/mol. The van der Waals surface area contributed by atoms with Crippen molar-refractivity contribution in [1.29, 1.82) is 0 Å². The van der Waals surface area contributed by atoms with Crippen LogP contribution in [0.25, 0.3) is 55.0 Å². The SMILES string of the molecule is CC(C)(C)c1cc(-c2nccc3cc(-c4ccc5nc(CC(C)(C)C(F)(F)F)oc5c4)ccc23)[c-]c2ccccc12.CCC(CC)C(=O)/C=C(\O)C(CC)CC.[Ir]. The van der Waals surface area contributed by atoms with Gasteiger partial charge in [-0.25, -0.2) is 4.98 Å². The number of benzene rings is 4. The molecule has 0 aliphatic carbocycles. The van der Waals surface area contributed by atoms with Gasteiger partial charge < -0.3 is 9.52 Å². The number of carbonyl (C=O) groups is 1. The van der Waals surface area contributed by atoms with Gasteiger partial charge in [-0.15, -0.1) is 29.1 Å². The standard InChI is InChI=1S/C35H30F3N2O.C13H24O2.Ir/c1-33(2,3)28-18-25(17-23-8-6-7-9-26(23)28)32-27-12-10-21(16-24(27)14-15-39-32)22-11-13-29-30(19-22)41-31(40-29)20-34(4,5)35(36,37)38;1-5-10(6-2)12(14)9-13(15)11(7-3)8-4;/h6-16,18-19H,20H2,1-5H3;9-11,14H,5-8H2,1-4H3;/q-1;;/b;12-9-;. The molecule has 57 heavy (non-hydrogen) atoms. The summed E-state index contributed by atoms with van der Waals surface area (Å²) in [5.74, 6) is 0.626. The third-order valence-electron chi connectivity index (χ3n) is 10.8. The van der Waals surface area contributed by atoms with Crippen molar-refractivity contribution in [2.75, 3.05) is 0 Å². The maximum atomic E-state index is 13.4. The number of rotatable bonds is 11. The summed E-state index contributed by atoms with van der Waals surface area (Å²) >= 11 is 0. The average Bonchev–Trinajstić information content (AvgIpc) is 3.55. The number of alkyl halides is 3. The van der Waals surface area contributed by atoms with Crippen LogP contribution in [-0.4, -0.2) is 27.0 Å². The predicted molar refractivity (Wildman–Crippen MR) is 223 cm³/mol. The number of ketones is 1. The van der Waals surface area contributed by atoms with Crippen LogP contribution in [0.2, 0.25) is 0 Å². The first-order valence-electron chi connectivity index (χ1n) is 19.7. The minimum Gasteiger partial charge on any atom is -0.512 e. The van der Waals surface area contributed by atoms with Crippen LogP contribution in [0.3, 0.4) is 0 Å². The number of nitrogens with zero attached hydrogens (tertiary/aromatic N) is 2. The molecule has 6 aromatic rings.